The molecule has 3 rings (SSSR count). The normalized spacial score (nSPS) is 27.5. The lowest BCUT2D eigenvalue weighted by Gasteiger charge is -2.18. The van der Waals surface area contributed by atoms with Crippen molar-refractivity contribution in [3.05, 3.63) is 23.3 Å². The third-order valence-electron chi connectivity index (χ3n) is 4.83. The number of carbonyl (C=O) groups excluding carboxylic acids is 2. The summed E-state index contributed by atoms with van der Waals surface area (Å²) in [6, 6.07) is 2.79. The lowest BCUT2D eigenvalue weighted by molar-refractivity contribution is -0.121. The molecule has 2 aliphatic heterocycles. The van der Waals surface area contributed by atoms with E-state index in [1.807, 2.05) is 6.92 Å². The number of methoxy groups -OCH3 is 1. The van der Waals surface area contributed by atoms with Gasteiger partial charge >= 0.3 is 5.97 Å². The summed E-state index contributed by atoms with van der Waals surface area (Å²) in [5, 5.41) is 9.89. The van der Waals surface area contributed by atoms with Crippen molar-refractivity contribution in [1.82, 2.24) is 0 Å². The van der Waals surface area contributed by atoms with Crippen molar-refractivity contribution in [3.63, 3.8) is 0 Å². The van der Waals surface area contributed by atoms with E-state index in [1.54, 1.807) is 0 Å². The molecule has 0 saturated carbocycles. The van der Waals surface area contributed by atoms with E-state index in [9.17, 15) is 14.7 Å². The molecule has 0 unspecified atom stereocenters. The fourth-order valence-corrected chi connectivity index (χ4v) is 3.59. The molecule has 6 heteroatoms. The number of phenolic OH excluding ortho intramolecular Hbond substituents is 1. The largest absolute Gasteiger partial charge is 0.508 e. The number of fused-ring (bicyclic) bond motifs is 3. The first-order valence-electron chi connectivity index (χ1n) is 8.74. The molecule has 1 N–H and O–H groups in total. The van der Waals surface area contributed by atoms with Gasteiger partial charge in [0, 0.05) is 18.9 Å². The Balaban J connectivity index is 1.96. The van der Waals surface area contributed by atoms with Gasteiger partial charge < -0.3 is 19.3 Å². The molecule has 2 aliphatic rings. The molecule has 0 aromatic heterocycles. The first kappa shape index (κ1) is 17.7. The van der Waals surface area contributed by atoms with Gasteiger partial charge in [-0.2, -0.15) is 0 Å². The Kier molecular flexibility index (Phi) is 5.27. The Hall–Kier alpha value is -2.08. The maximum absolute atomic E-state index is 12.6. The van der Waals surface area contributed by atoms with Crippen molar-refractivity contribution < 1.29 is 28.9 Å². The van der Waals surface area contributed by atoms with Crippen LogP contribution in [0, 0.1) is 0 Å². The lowest BCUT2D eigenvalue weighted by Crippen LogP contribution is -2.19. The SMILES string of the molecule is COc1cc(O)cc2c1C(=O)O[C@@H](C)CC[C@H]1CC[C@@H](CC(=O)C2)O1. The quantitative estimate of drug-likeness (QED) is 0.786. The molecule has 3 atom stereocenters. The summed E-state index contributed by atoms with van der Waals surface area (Å²) in [7, 11) is 1.42. The first-order chi connectivity index (χ1) is 12.0. The van der Waals surface area contributed by atoms with Crippen LogP contribution < -0.4 is 4.74 Å². The van der Waals surface area contributed by atoms with Crippen molar-refractivity contribution in [3.8, 4) is 11.5 Å². The number of cyclic esters (lactones) is 1. The van der Waals surface area contributed by atoms with Gasteiger partial charge in [0.25, 0.3) is 0 Å². The maximum atomic E-state index is 12.6. The average molecular weight is 348 g/mol. The monoisotopic (exact) mass is 348 g/mol. The molecule has 1 aromatic rings. The molecule has 6 nitrogen and oxygen atoms in total. The highest BCUT2D eigenvalue weighted by atomic mass is 16.5. The van der Waals surface area contributed by atoms with Gasteiger partial charge in [-0.05, 0) is 44.2 Å². The van der Waals surface area contributed by atoms with Crippen molar-refractivity contribution in [2.45, 2.75) is 63.8 Å². The van der Waals surface area contributed by atoms with Crippen molar-refractivity contribution in [2.24, 2.45) is 0 Å². The van der Waals surface area contributed by atoms with E-state index >= 15 is 0 Å². The Morgan fingerprint density at radius 2 is 1.84 bits per heavy atom. The fourth-order valence-electron chi connectivity index (χ4n) is 3.59. The van der Waals surface area contributed by atoms with Crippen LogP contribution in [-0.2, 0) is 20.7 Å². The van der Waals surface area contributed by atoms with Gasteiger partial charge in [-0.15, -0.1) is 0 Å². The summed E-state index contributed by atoms with van der Waals surface area (Å²) < 4.78 is 16.7. The number of phenols is 1. The molecule has 25 heavy (non-hydrogen) atoms. The predicted molar refractivity (Wildman–Crippen MR) is 90.0 cm³/mol. The Morgan fingerprint density at radius 3 is 2.60 bits per heavy atom. The summed E-state index contributed by atoms with van der Waals surface area (Å²) in [5.74, 6) is -0.393. The predicted octanol–water partition coefficient (Wildman–Crippen LogP) is 2.79. The van der Waals surface area contributed by atoms with E-state index in [4.69, 9.17) is 14.2 Å². The summed E-state index contributed by atoms with van der Waals surface area (Å²) in [6.45, 7) is 1.85. The third-order valence-corrected chi connectivity index (χ3v) is 4.83. The molecule has 0 spiro atoms. The molecule has 0 amide bonds. The number of rotatable bonds is 1. The van der Waals surface area contributed by atoms with Crippen molar-refractivity contribution in [2.75, 3.05) is 7.11 Å². The highest BCUT2D eigenvalue weighted by molar-refractivity contribution is 5.96. The zero-order valence-electron chi connectivity index (χ0n) is 14.6. The van der Waals surface area contributed by atoms with Crippen LogP contribution >= 0.6 is 0 Å². The number of esters is 1. The van der Waals surface area contributed by atoms with E-state index in [2.05, 4.69) is 0 Å². The van der Waals surface area contributed by atoms with E-state index < -0.39 is 5.97 Å². The van der Waals surface area contributed by atoms with Gasteiger partial charge in [-0.3, -0.25) is 4.79 Å². The number of hydrogen-bond donors (Lipinski definition) is 1. The van der Waals surface area contributed by atoms with Crippen molar-refractivity contribution >= 4 is 11.8 Å². The van der Waals surface area contributed by atoms with E-state index in [0.717, 1.165) is 19.3 Å². The first-order valence-corrected chi connectivity index (χ1v) is 8.74. The van der Waals surface area contributed by atoms with E-state index in [1.165, 1.54) is 19.2 Å². The summed E-state index contributed by atoms with van der Waals surface area (Å²) in [4.78, 5) is 25.1. The number of ether oxygens (including phenoxy) is 3. The smallest absolute Gasteiger partial charge is 0.342 e. The molecular weight excluding hydrogens is 324 g/mol. The molecule has 0 aliphatic carbocycles. The molecule has 0 radical (unpaired) electrons. The second kappa shape index (κ2) is 7.44. The zero-order valence-corrected chi connectivity index (χ0v) is 14.6. The van der Waals surface area contributed by atoms with Crippen LogP contribution in [0.15, 0.2) is 12.1 Å². The third kappa shape index (κ3) is 4.12. The number of carbonyl (C=O) groups is 2. The van der Waals surface area contributed by atoms with Gasteiger partial charge in [-0.1, -0.05) is 0 Å². The van der Waals surface area contributed by atoms with Gasteiger partial charge in [0.05, 0.1) is 25.4 Å². The second-order valence-corrected chi connectivity index (χ2v) is 6.85. The lowest BCUT2D eigenvalue weighted by atomic mass is 9.97. The van der Waals surface area contributed by atoms with Crippen LogP contribution in [0.4, 0.5) is 0 Å². The van der Waals surface area contributed by atoms with Gasteiger partial charge in [0.2, 0.25) is 0 Å². The molecule has 2 bridgehead atoms. The Labute approximate surface area is 147 Å². The number of hydrogen-bond acceptors (Lipinski definition) is 6. The summed E-state index contributed by atoms with van der Waals surface area (Å²) in [6.07, 6.45) is 3.47. The molecule has 2 heterocycles. The van der Waals surface area contributed by atoms with Gasteiger partial charge in [-0.25, -0.2) is 4.79 Å². The zero-order chi connectivity index (χ0) is 18.0. The molecule has 1 fully saturated rings. The minimum Gasteiger partial charge on any atom is -0.508 e. The highest BCUT2D eigenvalue weighted by Crippen LogP contribution is 2.32. The van der Waals surface area contributed by atoms with E-state index in [-0.39, 0.29) is 47.6 Å². The number of aromatic hydroxyl groups is 1. The topological polar surface area (TPSA) is 82.1 Å². The molecule has 1 aromatic carbocycles. The standard InChI is InChI=1S/C19H24O6/c1-11-3-4-15-5-6-16(25-15)9-13(20)7-12-8-14(21)10-17(23-2)18(12)19(22)24-11/h8,10-11,15-16,21H,3-7,9H2,1-2H3/t11-,15-,16-/m0/s1. The van der Waals surface area contributed by atoms with Crippen LogP contribution in [-0.4, -0.2) is 42.3 Å². The van der Waals surface area contributed by atoms with E-state index in [0.29, 0.717) is 18.4 Å². The average Bonchev–Trinajstić information content (AvgIpc) is 2.98. The fraction of sp³-hybridized carbons (Fsp3) is 0.579. The number of ketones is 1. The van der Waals surface area contributed by atoms with Crippen LogP contribution in [0.1, 0.15) is 54.9 Å². The van der Waals surface area contributed by atoms with Gasteiger partial charge in [0.1, 0.15) is 22.8 Å². The Bertz CT molecular complexity index is 668. The second-order valence-electron chi connectivity index (χ2n) is 6.85. The van der Waals surface area contributed by atoms with Gasteiger partial charge in [0.15, 0.2) is 0 Å². The van der Waals surface area contributed by atoms with Crippen LogP contribution in [0.2, 0.25) is 0 Å². The van der Waals surface area contributed by atoms with Crippen LogP contribution in [0.25, 0.3) is 0 Å². The number of Topliss-reactive ketones (excluding diaryl/α,β-unsaturated/α-hetero) is 1. The summed E-state index contributed by atoms with van der Waals surface area (Å²) >= 11 is 0. The maximum Gasteiger partial charge on any atom is 0.342 e. The molecule has 136 valence electrons. The molecular formula is C19H24O6. The van der Waals surface area contributed by atoms with Crippen LogP contribution in [0.3, 0.4) is 0 Å². The Morgan fingerprint density at radius 1 is 1.12 bits per heavy atom. The van der Waals surface area contributed by atoms with Crippen LogP contribution in [0.5, 0.6) is 11.5 Å². The summed E-state index contributed by atoms with van der Waals surface area (Å²) in [5.41, 5.74) is 0.638. The minimum atomic E-state index is -0.530. The highest BCUT2D eigenvalue weighted by Gasteiger charge is 2.30. The number of benzene rings is 1. The minimum absolute atomic E-state index is 0.0281. The van der Waals surface area contributed by atoms with Crippen molar-refractivity contribution in [1.29, 1.82) is 0 Å². The molecule has 1 saturated heterocycles.